The highest BCUT2D eigenvalue weighted by atomic mass is 32.1. The molecule has 3 heterocycles. The van der Waals surface area contributed by atoms with Gasteiger partial charge >= 0.3 is 5.91 Å². The molecule has 5 rings (SSSR count). The molecule has 6 heteroatoms. The number of hydrogen-bond donors (Lipinski definition) is 1. The SMILES string of the molecule is O=C1C(=O)N(C[NH+]2CCC[C@@H]2c2nc3ccccc3s2)c2ccccc21. The van der Waals surface area contributed by atoms with E-state index in [1.165, 1.54) is 9.60 Å². The van der Waals surface area contributed by atoms with Crippen molar-refractivity contribution in [2.75, 3.05) is 18.1 Å². The number of likely N-dealkylation sites (tertiary alicyclic amines) is 1. The Labute approximate surface area is 154 Å². The first-order valence-corrected chi connectivity index (χ1v) is 9.69. The number of amides is 1. The van der Waals surface area contributed by atoms with Crippen LogP contribution >= 0.6 is 11.3 Å². The van der Waals surface area contributed by atoms with Crippen LogP contribution in [0.4, 0.5) is 5.69 Å². The van der Waals surface area contributed by atoms with E-state index in [1.807, 2.05) is 30.3 Å². The first-order chi connectivity index (χ1) is 12.7. The summed E-state index contributed by atoms with van der Waals surface area (Å²) >= 11 is 1.74. The second-order valence-electron chi connectivity index (χ2n) is 6.86. The van der Waals surface area contributed by atoms with Crippen LogP contribution in [-0.4, -0.2) is 29.9 Å². The Hall–Kier alpha value is -2.57. The van der Waals surface area contributed by atoms with Crippen LogP contribution in [0.5, 0.6) is 0 Å². The van der Waals surface area contributed by atoms with E-state index in [0.717, 1.165) is 35.6 Å². The first-order valence-electron chi connectivity index (χ1n) is 8.87. The molecular formula is C20H18N3O2S+. The largest absolute Gasteiger partial charge is 0.309 e. The Morgan fingerprint density at radius 1 is 1.12 bits per heavy atom. The summed E-state index contributed by atoms with van der Waals surface area (Å²) in [6.07, 6.45) is 2.17. The van der Waals surface area contributed by atoms with Crippen molar-refractivity contribution in [3.63, 3.8) is 0 Å². The Morgan fingerprint density at radius 3 is 2.81 bits per heavy atom. The quantitative estimate of drug-likeness (QED) is 0.725. The second-order valence-corrected chi connectivity index (χ2v) is 7.92. The predicted octanol–water partition coefficient (Wildman–Crippen LogP) is 2.20. The van der Waals surface area contributed by atoms with Gasteiger partial charge in [0, 0.05) is 12.8 Å². The highest BCUT2D eigenvalue weighted by molar-refractivity contribution is 7.18. The van der Waals surface area contributed by atoms with E-state index < -0.39 is 11.7 Å². The Balaban J connectivity index is 1.45. The van der Waals surface area contributed by atoms with Crippen LogP contribution < -0.4 is 9.80 Å². The number of carbonyl (C=O) groups is 2. The van der Waals surface area contributed by atoms with Crippen LogP contribution in [0.3, 0.4) is 0 Å². The van der Waals surface area contributed by atoms with E-state index in [1.54, 1.807) is 28.4 Å². The third kappa shape index (κ3) is 2.37. The lowest BCUT2D eigenvalue weighted by Crippen LogP contribution is -3.12. The molecule has 2 aromatic carbocycles. The number of rotatable bonds is 3. The topological polar surface area (TPSA) is 54.7 Å². The predicted molar refractivity (Wildman–Crippen MR) is 101 cm³/mol. The number of hydrogen-bond acceptors (Lipinski definition) is 4. The summed E-state index contributed by atoms with van der Waals surface area (Å²) in [4.78, 5) is 32.5. The lowest BCUT2D eigenvalue weighted by atomic mass is 10.1. The third-order valence-corrected chi connectivity index (χ3v) is 6.48. The minimum absolute atomic E-state index is 0.281. The van der Waals surface area contributed by atoms with Crippen molar-refractivity contribution in [2.45, 2.75) is 18.9 Å². The molecule has 1 fully saturated rings. The standard InChI is InChI=1S/C20H17N3O2S/c24-18-13-6-1-3-8-15(13)23(20(18)25)12-22-11-5-9-16(22)19-21-14-7-2-4-10-17(14)26-19/h1-4,6-8,10,16H,5,9,11-12H2/p+1/t16-/m1/s1. The lowest BCUT2D eigenvalue weighted by Gasteiger charge is -2.25. The van der Waals surface area contributed by atoms with Crippen molar-refractivity contribution >= 4 is 38.9 Å². The van der Waals surface area contributed by atoms with Gasteiger partial charge in [-0.25, -0.2) is 4.98 Å². The van der Waals surface area contributed by atoms with Crippen LogP contribution in [0.25, 0.3) is 10.2 Å². The van der Waals surface area contributed by atoms with Crippen LogP contribution in [-0.2, 0) is 4.79 Å². The molecule has 130 valence electrons. The highest BCUT2D eigenvalue weighted by Crippen LogP contribution is 2.30. The zero-order valence-corrected chi connectivity index (χ0v) is 15.0. The molecule has 3 aromatic rings. The maximum Gasteiger partial charge on any atom is 0.303 e. The number of nitrogens with zero attached hydrogens (tertiary/aromatic N) is 2. The molecule has 2 aliphatic heterocycles. The van der Waals surface area contributed by atoms with E-state index in [9.17, 15) is 9.59 Å². The Kier molecular flexibility index (Phi) is 3.62. The van der Waals surface area contributed by atoms with Crippen molar-refractivity contribution < 1.29 is 14.5 Å². The summed E-state index contributed by atoms with van der Waals surface area (Å²) in [5.41, 5.74) is 2.30. The molecule has 1 aromatic heterocycles. The molecule has 1 saturated heterocycles. The van der Waals surface area contributed by atoms with E-state index in [2.05, 4.69) is 6.07 Å². The molecule has 0 spiro atoms. The average Bonchev–Trinajstić information content (AvgIpc) is 3.35. The molecule has 0 aliphatic carbocycles. The number of benzene rings is 2. The fraction of sp³-hybridized carbons (Fsp3) is 0.250. The molecule has 1 unspecified atom stereocenters. The molecule has 1 amide bonds. The second kappa shape index (κ2) is 6.00. The van der Waals surface area contributed by atoms with Gasteiger partial charge < -0.3 is 4.90 Å². The lowest BCUT2D eigenvalue weighted by molar-refractivity contribution is -0.917. The number of Topliss-reactive ketones (excluding diaryl/α,β-unsaturated/α-hetero) is 1. The van der Waals surface area contributed by atoms with E-state index in [4.69, 9.17) is 4.98 Å². The summed E-state index contributed by atoms with van der Waals surface area (Å²) in [6.45, 7) is 1.50. The van der Waals surface area contributed by atoms with Gasteiger partial charge in [0.25, 0.3) is 5.78 Å². The third-order valence-electron chi connectivity index (χ3n) is 5.33. The van der Waals surface area contributed by atoms with Gasteiger partial charge in [0.05, 0.1) is 28.0 Å². The van der Waals surface area contributed by atoms with Crippen LogP contribution in [0, 0.1) is 0 Å². The van der Waals surface area contributed by atoms with Gasteiger partial charge in [-0.1, -0.05) is 24.3 Å². The Morgan fingerprint density at radius 2 is 1.92 bits per heavy atom. The summed E-state index contributed by atoms with van der Waals surface area (Å²) in [5, 5.41) is 1.13. The number of thiazole rings is 1. The summed E-state index contributed by atoms with van der Waals surface area (Å²) in [7, 11) is 0. The number of fused-ring (bicyclic) bond motifs is 2. The number of nitrogens with one attached hydrogen (secondary N) is 1. The Bertz CT molecular complexity index is 996. The molecule has 5 nitrogen and oxygen atoms in total. The van der Waals surface area contributed by atoms with Crippen LogP contribution in [0.2, 0.25) is 0 Å². The zero-order valence-electron chi connectivity index (χ0n) is 14.1. The maximum absolute atomic E-state index is 12.5. The number of aromatic nitrogens is 1. The van der Waals surface area contributed by atoms with Gasteiger partial charge in [0.1, 0.15) is 6.04 Å². The number of carbonyl (C=O) groups excluding carboxylic acids is 2. The van der Waals surface area contributed by atoms with Crippen molar-refractivity contribution in [2.24, 2.45) is 0 Å². The molecule has 2 aliphatic rings. The van der Waals surface area contributed by atoms with Gasteiger partial charge in [-0.3, -0.25) is 14.5 Å². The average molecular weight is 364 g/mol. The molecule has 0 saturated carbocycles. The molecule has 1 N–H and O–H groups in total. The fourth-order valence-electron chi connectivity index (χ4n) is 4.05. The van der Waals surface area contributed by atoms with Gasteiger partial charge in [-0.15, -0.1) is 11.3 Å². The van der Waals surface area contributed by atoms with Gasteiger partial charge in [0.2, 0.25) is 0 Å². The van der Waals surface area contributed by atoms with E-state index >= 15 is 0 Å². The molecule has 0 bridgehead atoms. The molecule has 2 atom stereocenters. The minimum atomic E-state index is -0.409. The van der Waals surface area contributed by atoms with Crippen LogP contribution in [0.15, 0.2) is 48.5 Å². The number of anilines is 1. The van der Waals surface area contributed by atoms with E-state index in [-0.39, 0.29) is 6.04 Å². The molecule has 0 radical (unpaired) electrons. The van der Waals surface area contributed by atoms with Crippen molar-refractivity contribution in [1.29, 1.82) is 0 Å². The van der Waals surface area contributed by atoms with Crippen LogP contribution in [0.1, 0.15) is 34.2 Å². The normalized spacial score (nSPS) is 22.4. The minimum Gasteiger partial charge on any atom is -0.309 e. The number of para-hydroxylation sites is 2. The summed E-state index contributed by atoms with van der Waals surface area (Å²) in [6, 6.07) is 15.8. The zero-order chi connectivity index (χ0) is 17.7. The van der Waals surface area contributed by atoms with Crippen molar-refractivity contribution in [3.05, 3.63) is 59.1 Å². The highest BCUT2D eigenvalue weighted by Gasteiger charge is 2.41. The number of quaternary nitrogens is 1. The van der Waals surface area contributed by atoms with E-state index in [0.29, 0.717) is 12.2 Å². The smallest absolute Gasteiger partial charge is 0.303 e. The molecular weight excluding hydrogens is 346 g/mol. The van der Waals surface area contributed by atoms with Crippen molar-refractivity contribution in [3.8, 4) is 0 Å². The summed E-state index contributed by atoms with van der Waals surface area (Å²) in [5.74, 6) is -0.801. The van der Waals surface area contributed by atoms with Gasteiger partial charge in [-0.2, -0.15) is 0 Å². The number of ketones is 1. The maximum atomic E-state index is 12.5. The first kappa shape index (κ1) is 15.7. The summed E-state index contributed by atoms with van der Waals surface area (Å²) < 4.78 is 1.20. The van der Waals surface area contributed by atoms with Crippen molar-refractivity contribution in [1.82, 2.24) is 4.98 Å². The van der Waals surface area contributed by atoms with Gasteiger partial charge in [-0.05, 0) is 24.3 Å². The fourth-order valence-corrected chi connectivity index (χ4v) is 5.21. The van der Waals surface area contributed by atoms with Gasteiger partial charge in [0.15, 0.2) is 11.7 Å². The molecule has 26 heavy (non-hydrogen) atoms. The monoisotopic (exact) mass is 364 g/mol.